The van der Waals surface area contributed by atoms with Crippen LogP contribution in [0.5, 0.6) is 5.75 Å². The molecule has 1 aliphatic heterocycles. The highest BCUT2D eigenvalue weighted by atomic mass is 16.6. The number of benzene rings is 1. The molecule has 1 fully saturated rings. The van der Waals surface area contributed by atoms with Crippen molar-refractivity contribution in [3.05, 3.63) is 35.5 Å². The van der Waals surface area contributed by atoms with E-state index in [9.17, 15) is 24.3 Å². The number of nitrogens with two attached hydrogens (primary N) is 1. The van der Waals surface area contributed by atoms with E-state index in [1.807, 2.05) is 0 Å². The van der Waals surface area contributed by atoms with Gasteiger partial charge < -0.3 is 30.1 Å². The molecule has 0 radical (unpaired) electrons. The van der Waals surface area contributed by atoms with Crippen LogP contribution in [-0.4, -0.2) is 83.2 Å². The first-order valence-electron chi connectivity index (χ1n) is 9.97. The van der Waals surface area contributed by atoms with Gasteiger partial charge in [0, 0.05) is 18.5 Å². The van der Waals surface area contributed by atoms with E-state index in [0.29, 0.717) is 10.9 Å². The van der Waals surface area contributed by atoms with Crippen molar-refractivity contribution in [2.45, 2.75) is 19.4 Å². The molecule has 1 atom stereocenters. The van der Waals surface area contributed by atoms with Gasteiger partial charge in [0.1, 0.15) is 17.4 Å². The van der Waals surface area contributed by atoms with Gasteiger partial charge in [0.2, 0.25) is 5.91 Å². The van der Waals surface area contributed by atoms with Gasteiger partial charge in [0.15, 0.2) is 0 Å². The van der Waals surface area contributed by atoms with E-state index in [-0.39, 0.29) is 49.7 Å². The van der Waals surface area contributed by atoms with Crippen molar-refractivity contribution in [3.63, 3.8) is 0 Å². The van der Waals surface area contributed by atoms with E-state index in [2.05, 4.69) is 4.98 Å². The predicted molar refractivity (Wildman–Crippen MR) is 112 cm³/mol. The molecule has 1 unspecified atom stereocenters. The Kier molecular flexibility index (Phi) is 6.76. The summed E-state index contributed by atoms with van der Waals surface area (Å²) < 4.78 is 10.3. The van der Waals surface area contributed by atoms with E-state index in [0.717, 1.165) is 4.90 Å². The number of carbonyl (C=O) groups is 4. The minimum atomic E-state index is -1.26. The number of rotatable bonds is 6. The van der Waals surface area contributed by atoms with E-state index in [4.69, 9.17) is 15.2 Å². The summed E-state index contributed by atoms with van der Waals surface area (Å²) in [5, 5.41) is 10.2. The number of carbonyl (C=O) groups excluding carboxylic acids is 3. The van der Waals surface area contributed by atoms with Crippen LogP contribution in [-0.2, 0) is 20.7 Å². The lowest BCUT2D eigenvalue weighted by atomic mass is 10.0. The van der Waals surface area contributed by atoms with Gasteiger partial charge in [-0.1, -0.05) is 12.1 Å². The summed E-state index contributed by atoms with van der Waals surface area (Å²) in [6, 6.07) is 5.66. The second-order valence-corrected chi connectivity index (χ2v) is 7.11. The number of primary amides is 1. The standard InChI is InChI=1S/C21H24N4O7/c1-3-32-21(30)24-8-9-25(15(11-24)20(28)29)16(26)10-14-17(19(22)27)18(31-2)12-6-4-5-7-13(12)23-14/h4-7,15H,3,8-11H2,1-2H3,(H2,22,27)(H,28,29). The first kappa shape index (κ1) is 22.8. The molecule has 0 spiro atoms. The summed E-state index contributed by atoms with van der Waals surface area (Å²) in [7, 11) is 1.38. The smallest absolute Gasteiger partial charge is 0.409 e. The summed E-state index contributed by atoms with van der Waals surface area (Å²) in [4.78, 5) is 55.9. The summed E-state index contributed by atoms with van der Waals surface area (Å²) in [5.74, 6) is -2.43. The number of piperazine rings is 1. The summed E-state index contributed by atoms with van der Waals surface area (Å²) in [6.45, 7) is 1.70. The molecule has 170 valence electrons. The van der Waals surface area contributed by atoms with Crippen LogP contribution in [0.4, 0.5) is 4.79 Å². The molecule has 0 saturated carbocycles. The van der Waals surface area contributed by atoms with Gasteiger partial charge in [-0.3, -0.25) is 14.6 Å². The van der Waals surface area contributed by atoms with Gasteiger partial charge in [-0.15, -0.1) is 0 Å². The minimum absolute atomic E-state index is 0.00870. The zero-order valence-electron chi connectivity index (χ0n) is 17.7. The average molecular weight is 444 g/mol. The second kappa shape index (κ2) is 9.50. The fourth-order valence-corrected chi connectivity index (χ4v) is 3.74. The highest BCUT2D eigenvalue weighted by Crippen LogP contribution is 2.31. The molecule has 2 heterocycles. The third-order valence-electron chi connectivity index (χ3n) is 5.20. The van der Waals surface area contributed by atoms with Crippen molar-refractivity contribution in [3.8, 4) is 5.75 Å². The SMILES string of the molecule is CCOC(=O)N1CCN(C(=O)Cc2nc3ccccc3c(OC)c2C(N)=O)C(C(=O)O)C1. The highest BCUT2D eigenvalue weighted by Gasteiger charge is 2.38. The minimum Gasteiger partial charge on any atom is -0.495 e. The Morgan fingerprint density at radius 3 is 2.56 bits per heavy atom. The van der Waals surface area contributed by atoms with Crippen LogP contribution in [0, 0.1) is 0 Å². The van der Waals surface area contributed by atoms with Crippen LogP contribution in [0.2, 0.25) is 0 Å². The fraction of sp³-hybridized carbons (Fsp3) is 0.381. The number of carboxylic acid groups (broad SMARTS) is 1. The average Bonchev–Trinajstić information content (AvgIpc) is 2.77. The molecule has 1 aromatic heterocycles. The number of ether oxygens (including phenoxy) is 2. The van der Waals surface area contributed by atoms with Gasteiger partial charge in [-0.25, -0.2) is 9.59 Å². The van der Waals surface area contributed by atoms with Crippen molar-refractivity contribution < 1.29 is 33.8 Å². The normalized spacial score (nSPS) is 16.0. The van der Waals surface area contributed by atoms with Crippen LogP contribution in [0.15, 0.2) is 24.3 Å². The fourth-order valence-electron chi connectivity index (χ4n) is 3.74. The number of carboxylic acids is 1. The Morgan fingerprint density at radius 2 is 1.94 bits per heavy atom. The quantitative estimate of drug-likeness (QED) is 0.658. The number of nitrogens with zero attached hydrogens (tertiary/aromatic N) is 3. The number of methoxy groups -OCH3 is 1. The topological polar surface area (TPSA) is 152 Å². The van der Waals surface area contributed by atoms with E-state index in [1.165, 1.54) is 12.0 Å². The second-order valence-electron chi connectivity index (χ2n) is 7.11. The maximum atomic E-state index is 13.1. The number of fused-ring (bicyclic) bond motifs is 1. The molecule has 1 aromatic carbocycles. The third kappa shape index (κ3) is 4.41. The number of pyridine rings is 1. The summed E-state index contributed by atoms with van der Waals surface area (Å²) in [6.07, 6.45) is -0.995. The number of aliphatic carboxylic acids is 1. The molecular weight excluding hydrogens is 420 g/mol. The van der Waals surface area contributed by atoms with Crippen LogP contribution in [0.3, 0.4) is 0 Å². The van der Waals surface area contributed by atoms with E-state index >= 15 is 0 Å². The lowest BCUT2D eigenvalue weighted by molar-refractivity contribution is -0.153. The Labute approximate surface area is 183 Å². The molecule has 11 heteroatoms. The lowest BCUT2D eigenvalue weighted by Gasteiger charge is -2.38. The first-order valence-corrected chi connectivity index (χ1v) is 9.97. The monoisotopic (exact) mass is 444 g/mol. The van der Waals surface area contributed by atoms with E-state index in [1.54, 1.807) is 31.2 Å². The van der Waals surface area contributed by atoms with Gasteiger partial charge >= 0.3 is 12.1 Å². The van der Waals surface area contributed by atoms with Crippen LogP contribution >= 0.6 is 0 Å². The van der Waals surface area contributed by atoms with Crippen molar-refractivity contribution in [2.75, 3.05) is 33.4 Å². The molecule has 0 aliphatic carbocycles. The molecule has 1 aliphatic rings. The number of amides is 3. The zero-order valence-corrected chi connectivity index (χ0v) is 17.7. The molecule has 1 saturated heterocycles. The van der Waals surface area contributed by atoms with Crippen LogP contribution < -0.4 is 10.5 Å². The van der Waals surface area contributed by atoms with Crippen molar-refractivity contribution in [1.29, 1.82) is 0 Å². The maximum absolute atomic E-state index is 13.1. The molecule has 0 bridgehead atoms. The number of hydrogen-bond donors (Lipinski definition) is 2. The summed E-state index contributed by atoms with van der Waals surface area (Å²) >= 11 is 0. The van der Waals surface area contributed by atoms with Crippen molar-refractivity contribution in [2.24, 2.45) is 5.73 Å². The largest absolute Gasteiger partial charge is 0.495 e. The van der Waals surface area contributed by atoms with Crippen LogP contribution in [0.25, 0.3) is 10.9 Å². The van der Waals surface area contributed by atoms with Crippen molar-refractivity contribution in [1.82, 2.24) is 14.8 Å². The molecule has 2 aromatic rings. The van der Waals surface area contributed by atoms with Gasteiger partial charge in [-0.2, -0.15) is 0 Å². The molecule has 3 amide bonds. The summed E-state index contributed by atoms with van der Waals surface area (Å²) in [5.41, 5.74) is 6.12. The molecular formula is C21H24N4O7. The Bertz CT molecular complexity index is 1070. The van der Waals surface area contributed by atoms with Gasteiger partial charge in [0.05, 0.1) is 37.9 Å². The Balaban J connectivity index is 1.92. The Hall–Kier alpha value is -3.89. The Morgan fingerprint density at radius 1 is 1.22 bits per heavy atom. The molecule has 32 heavy (non-hydrogen) atoms. The van der Waals surface area contributed by atoms with E-state index < -0.39 is 29.9 Å². The van der Waals surface area contributed by atoms with Crippen molar-refractivity contribution >= 4 is 34.8 Å². The van der Waals surface area contributed by atoms with Gasteiger partial charge in [-0.05, 0) is 19.1 Å². The molecule has 11 nitrogen and oxygen atoms in total. The maximum Gasteiger partial charge on any atom is 0.409 e. The number of para-hydroxylation sites is 1. The van der Waals surface area contributed by atoms with Crippen LogP contribution in [0.1, 0.15) is 23.0 Å². The third-order valence-corrected chi connectivity index (χ3v) is 5.20. The highest BCUT2D eigenvalue weighted by molar-refractivity contribution is 6.04. The lowest BCUT2D eigenvalue weighted by Crippen LogP contribution is -2.59. The predicted octanol–water partition coefficient (Wildman–Crippen LogP) is 0.639. The zero-order chi connectivity index (χ0) is 23.4. The first-order chi connectivity index (χ1) is 15.3. The molecule has 3 N–H and O–H groups in total. The van der Waals surface area contributed by atoms with Gasteiger partial charge in [0.25, 0.3) is 5.91 Å². The number of aromatic nitrogens is 1. The molecule has 3 rings (SSSR count). The number of hydrogen-bond acceptors (Lipinski definition) is 7.